The average molecular weight is 649 g/mol. The molecule has 0 bridgehead atoms. The number of benzene rings is 4. The summed E-state index contributed by atoms with van der Waals surface area (Å²) < 4.78 is 33.0. The predicted octanol–water partition coefficient (Wildman–Crippen LogP) is 6.44. The second-order valence-electron chi connectivity index (χ2n) is 11.6. The van der Waals surface area contributed by atoms with Crippen molar-refractivity contribution in [3.8, 4) is 23.0 Å². The van der Waals surface area contributed by atoms with Crippen molar-refractivity contribution >= 4 is 28.4 Å². The standard InChI is InChI=1S/C38H37FN4O5/c1-46-35-21-29-32(22-36(35)47-24-25-14-17-40-18-15-25)41-19-16-33(29)48-34-13-12-28(20-31(34)39)43-38(45)37(44)42-23-30(26-8-4-2-5-9-26)27-10-6-3-7-11-27/h2-13,16,19-22,25,30,40H,14-15,17-18,23-24H2,1H3,(H,42,44)(H,43,45). The summed E-state index contributed by atoms with van der Waals surface area (Å²) in [5.74, 6) is -0.748. The highest BCUT2D eigenvalue weighted by Crippen LogP contribution is 2.38. The van der Waals surface area contributed by atoms with Gasteiger partial charge in [0.25, 0.3) is 0 Å². The quantitative estimate of drug-likeness (QED) is 0.141. The number of carbonyl (C=O) groups is 2. The van der Waals surface area contributed by atoms with Crippen molar-refractivity contribution in [1.29, 1.82) is 0 Å². The van der Waals surface area contributed by atoms with Gasteiger partial charge in [0, 0.05) is 41.9 Å². The first-order valence-electron chi connectivity index (χ1n) is 15.9. The number of halogens is 1. The van der Waals surface area contributed by atoms with E-state index in [-0.39, 0.29) is 23.9 Å². The van der Waals surface area contributed by atoms with Gasteiger partial charge in [-0.3, -0.25) is 14.6 Å². The van der Waals surface area contributed by atoms with Crippen LogP contribution in [0.5, 0.6) is 23.0 Å². The lowest BCUT2D eigenvalue weighted by molar-refractivity contribution is -0.136. The van der Waals surface area contributed by atoms with E-state index in [2.05, 4.69) is 20.9 Å². The van der Waals surface area contributed by atoms with Crippen molar-refractivity contribution in [3.05, 3.63) is 120 Å². The van der Waals surface area contributed by atoms with E-state index < -0.39 is 17.6 Å². The van der Waals surface area contributed by atoms with Crippen LogP contribution in [0.15, 0.2) is 103 Å². The minimum Gasteiger partial charge on any atom is -0.493 e. The van der Waals surface area contributed by atoms with Gasteiger partial charge in [0.2, 0.25) is 0 Å². The lowest BCUT2D eigenvalue weighted by atomic mass is 9.91. The van der Waals surface area contributed by atoms with Crippen LogP contribution in [0.3, 0.4) is 0 Å². The number of rotatable bonds is 11. The van der Waals surface area contributed by atoms with Gasteiger partial charge in [-0.05, 0) is 67.2 Å². The molecule has 1 saturated heterocycles. The van der Waals surface area contributed by atoms with Crippen LogP contribution in [-0.2, 0) is 9.59 Å². The molecule has 6 rings (SSSR count). The van der Waals surface area contributed by atoms with E-state index in [4.69, 9.17) is 14.2 Å². The molecule has 10 heteroatoms. The zero-order valence-corrected chi connectivity index (χ0v) is 26.6. The van der Waals surface area contributed by atoms with Crippen molar-refractivity contribution in [2.45, 2.75) is 18.8 Å². The molecule has 0 aliphatic carbocycles. The number of carbonyl (C=O) groups excluding carboxylic acids is 2. The Morgan fingerprint density at radius 1 is 0.854 bits per heavy atom. The molecule has 1 fully saturated rings. The molecule has 246 valence electrons. The third kappa shape index (κ3) is 7.90. The van der Waals surface area contributed by atoms with Crippen molar-refractivity contribution in [2.75, 3.05) is 38.7 Å². The summed E-state index contributed by atoms with van der Waals surface area (Å²) in [6.07, 6.45) is 3.68. The third-order valence-corrected chi connectivity index (χ3v) is 8.41. The summed E-state index contributed by atoms with van der Waals surface area (Å²) in [5.41, 5.74) is 2.72. The smallest absolute Gasteiger partial charge is 0.313 e. The number of amides is 2. The van der Waals surface area contributed by atoms with Gasteiger partial charge in [0.1, 0.15) is 5.75 Å². The van der Waals surface area contributed by atoms with Gasteiger partial charge in [-0.25, -0.2) is 4.39 Å². The second-order valence-corrected chi connectivity index (χ2v) is 11.6. The molecule has 0 atom stereocenters. The van der Waals surface area contributed by atoms with E-state index >= 15 is 4.39 Å². The molecule has 9 nitrogen and oxygen atoms in total. The zero-order valence-electron chi connectivity index (χ0n) is 26.6. The molecule has 0 radical (unpaired) electrons. The SMILES string of the molecule is COc1cc2c(Oc3ccc(NC(=O)C(=O)NCC(c4ccccc4)c4ccccc4)cc3F)ccnc2cc1OCC1CCNCC1. The number of fused-ring (bicyclic) bond motifs is 1. The Morgan fingerprint density at radius 2 is 1.56 bits per heavy atom. The molecule has 2 amide bonds. The number of ether oxygens (including phenoxy) is 3. The number of hydrogen-bond acceptors (Lipinski definition) is 7. The molecule has 1 aliphatic heterocycles. The summed E-state index contributed by atoms with van der Waals surface area (Å²) in [6.45, 7) is 2.75. The van der Waals surface area contributed by atoms with Crippen LogP contribution in [0.2, 0.25) is 0 Å². The first-order valence-corrected chi connectivity index (χ1v) is 15.9. The number of anilines is 1. The molecule has 3 N–H and O–H groups in total. The Kier molecular flexibility index (Phi) is 10.4. The molecule has 0 unspecified atom stereocenters. The van der Waals surface area contributed by atoms with Crippen LogP contribution in [0.25, 0.3) is 10.9 Å². The maximum Gasteiger partial charge on any atom is 0.313 e. The monoisotopic (exact) mass is 648 g/mol. The van der Waals surface area contributed by atoms with Crippen LogP contribution in [0.4, 0.5) is 10.1 Å². The summed E-state index contributed by atoms with van der Waals surface area (Å²) in [7, 11) is 1.56. The molecular formula is C38H37FN4O5. The minimum absolute atomic E-state index is 0.0660. The van der Waals surface area contributed by atoms with E-state index in [1.54, 1.807) is 31.5 Å². The van der Waals surface area contributed by atoms with Crippen LogP contribution in [0.1, 0.15) is 29.9 Å². The number of nitrogens with one attached hydrogen (secondary N) is 3. The number of aromatic nitrogens is 1. The molecule has 1 aliphatic rings. The highest BCUT2D eigenvalue weighted by molar-refractivity contribution is 6.39. The fourth-order valence-corrected chi connectivity index (χ4v) is 5.79. The van der Waals surface area contributed by atoms with Crippen LogP contribution in [0, 0.1) is 11.7 Å². The van der Waals surface area contributed by atoms with Gasteiger partial charge in [-0.15, -0.1) is 0 Å². The van der Waals surface area contributed by atoms with E-state index in [1.807, 2.05) is 60.7 Å². The largest absolute Gasteiger partial charge is 0.493 e. The van der Waals surface area contributed by atoms with Crippen LogP contribution < -0.4 is 30.2 Å². The minimum atomic E-state index is -0.909. The Balaban J connectivity index is 1.10. The topological polar surface area (TPSA) is 111 Å². The van der Waals surface area contributed by atoms with Gasteiger partial charge in [-0.1, -0.05) is 60.7 Å². The van der Waals surface area contributed by atoms with Gasteiger partial charge in [0.05, 0.1) is 19.2 Å². The lowest BCUT2D eigenvalue weighted by Gasteiger charge is -2.23. The first-order chi connectivity index (χ1) is 23.5. The van der Waals surface area contributed by atoms with E-state index in [0.717, 1.165) is 43.1 Å². The number of methoxy groups -OCH3 is 1. The van der Waals surface area contributed by atoms with Gasteiger partial charge in [0.15, 0.2) is 23.1 Å². The predicted molar refractivity (Wildman–Crippen MR) is 182 cm³/mol. The molecule has 2 heterocycles. The average Bonchev–Trinajstić information content (AvgIpc) is 3.13. The molecule has 0 saturated carbocycles. The maximum atomic E-state index is 15.3. The van der Waals surface area contributed by atoms with Crippen LogP contribution in [-0.4, -0.2) is 50.1 Å². The Hall–Kier alpha value is -5.48. The normalized spacial score (nSPS) is 13.2. The van der Waals surface area contributed by atoms with E-state index in [1.165, 1.54) is 12.1 Å². The third-order valence-electron chi connectivity index (χ3n) is 8.41. The summed E-state index contributed by atoms with van der Waals surface area (Å²) >= 11 is 0. The Bertz CT molecular complexity index is 1830. The molecule has 0 spiro atoms. The van der Waals surface area contributed by atoms with Crippen LogP contribution >= 0.6 is 0 Å². The van der Waals surface area contributed by atoms with E-state index in [9.17, 15) is 9.59 Å². The molecular weight excluding hydrogens is 611 g/mol. The number of pyridine rings is 1. The lowest BCUT2D eigenvalue weighted by Crippen LogP contribution is -2.37. The maximum absolute atomic E-state index is 15.3. The summed E-state index contributed by atoms with van der Waals surface area (Å²) in [5, 5.41) is 9.16. The Labute approximate surface area is 278 Å². The van der Waals surface area contributed by atoms with Gasteiger partial charge >= 0.3 is 11.8 Å². The fraction of sp³-hybridized carbons (Fsp3) is 0.237. The Morgan fingerprint density at radius 3 is 2.23 bits per heavy atom. The summed E-state index contributed by atoms with van der Waals surface area (Å²) in [6, 6.07) is 28.6. The molecule has 1 aromatic heterocycles. The molecule has 48 heavy (non-hydrogen) atoms. The number of nitrogens with zero attached hydrogens (tertiary/aromatic N) is 1. The number of hydrogen-bond donors (Lipinski definition) is 3. The van der Waals surface area contributed by atoms with E-state index in [0.29, 0.717) is 40.7 Å². The van der Waals surface area contributed by atoms with Crippen molar-refractivity contribution < 1.29 is 28.2 Å². The van der Waals surface area contributed by atoms with Gasteiger partial charge in [-0.2, -0.15) is 0 Å². The molecule has 4 aromatic carbocycles. The highest BCUT2D eigenvalue weighted by atomic mass is 19.1. The van der Waals surface area contributed by atoms with Crippen molar-refractivity contribution in [1.82, 2.24) is 15.6 Å². The fourth-order valence-electron chi connectivity index (χ4n) is 5.79. The van der Waals surface area contributed by atoms with Crippen molar-refractivity contribution in [2.24, 2.45) is 5.92 Å². The van der Waals surface area contributed by atoms with Crippen molar-refractivity contribution in [3.63, 3.8) is 0 Å². The summed E-state index contributed by atoms with van der Waals surface area (Å²) in [4.78, 5) is 30.0. The first kappa shape index (κ1) is 32.5. The molecule has 5 aromatic rings. The zero-order chi connectivity index (χ0) is 33.3. The number of piperidine rings is 1. The highest BCUT2D eigenvalue weighted by Gasteiger charge is 2.21. The van der Waals surface area contributed by atoms with Gasteiger partial charge < -0.3 is 30.2 Å². The second kappa shape index (κ2) is 15.4.